The van der Waals surface area contributed by atoms with E-state index < -0.39 is 0 Å². The fourth-order valence-electron chi connectivity index (χ4n) is 3.19. The molecule has 0 saturated heterocycles. The quantitative estimate of drug-likeness (QED) is 0.370. The molecule has 3 aromatic heterocycles. The van der Waals surface area contributed by atoms with E-state index in [4.69, 9.17) is 9.15 Å². The van der Waals surface area contributed by atoms with E-state index >= 15 is 0 Å². The number of nitrogens with zero attached hydrogens (tertiary/aromatic N) is 2. The summed E-state index contributed by atoms with van der Waals surface area (Å²) in [6.45, 7) is 10.3. The zero-order chi connectivity index (χ0) is 21.0. The lowest BCUT2D eigenvalue weighted by Crippen LogP contribution is -2.19. The lowest BCUT2D eigenvalue weighted by Gasteiger charge is -2.07. The number of pyridine rings is 1. The van der Waals surface area contributed by atoms with Crippen LogP contribution in [0, 0.1) is 6.92 Å². The van der Waals surface area contributed by atoms with Gasteiger partial charge in [-0.25, -0.2) is 4.98 Å². The fourth-order valence-corrected chi connectivity index (χ4v) is 4.42. The van der Waals surface area contributed by atoms with Gasteiger partial charge < -0.3 is 13.7 Å². The molecule has 3 aromatic rings. The van der Waals surface area contributed by atoms with Crippen molar-refractivity contribution in [2.75, 3.05) is 7.11 Å². The van der Waals surface area contributed by atoms with Gasteiger partial charge in [0.2, 0.25) is 5.89 Å². The number of rotatable bonds is 7. The highest BCUT2D eigenvalue weighted by molar-refractivity contribution is 7.22. The minimum atomic E-state index is -0.000835. The molecule has 0 bridgehead atoms. The number of ether oxygens (including phenoxy) is 1. The number of oxazole rings is 1. The third-order valence-corrected chi connectivity index (χ3v) is 5.95. The minimum Gasteiger partial charge on any atom is -0.496 e. The maximum Gasteiger partial charge on any atom is 0.259 e. The summed E-state index contributed by atoms with van der Waals surface area (Å²) in [5, 5.41) is 0.708. The summed E-state index contributed by atoms with van der Waals surface area (Å²) in [7, 11) is 1.62. The van der Waals surface area contributed by atoms with Crippen LogP contribution in [-0.4, -0.2) is 16.7 Å². The van der Waals surface area contributed by atoms with Crippen LogP contribution in [0.2, 0.25) is 0 Å². The molecule has 6 heteroatoms. The van der Waals surface area contributed by atoms with Gasteiger partial charge in [0.1, 0.15) is 12.0 Å². The third-order valence-electron chi connectivity index (χ3n) is 4.62. The summed E-state index contributed by atoms with van der Waals surface area (Å²) in [6.07, 6.45) is 14.6. The predicted molar refractivity (Wildman–Crippen MR) is 120 cm³/mol. The monoisotopic (exact) mass is 408 g/mol. The molecule has 0 spiro atoms. The molecule has 0 aliphatic carbocycles. The fraction of sp³-hybridized carbons (Fsp3) is 0.217. The molecule has 29 heavy (non-hydrogen) atoms. The summed E-state index contributed by atoms with van der Waals surface area (Å²) in [5.74, 6) is 1.21. The van der Waals surface area contributed by atoms with E-state index in [1.165, 1.54) is 11.3 Å². The van der Waals surface area contributed by atoms with E-state index in [9.17, 15) is 4.79 Å². The first-order chi connectivity index (χ1) is 14.0. The van der Waals surface area contributed by atoms with E-state index in [0.717, 1.165) is 26.3 Å². The lowest BCUT2D eigenvalue weighted by atomic mass is 10.1. The van der Waals surface area contributed by atoms with Gasteiger partial charge in [0.15, 0.2) is 0 Å². The molecule has 0 aliphatic rings. The van der Waals surface area contributed by atoms with Crippen molar-refractivity contribution in [2.45, 2.75) is 27.3 Å². The topological polar surface area (TPSA) is 57.3 Å². The first-order valence-electron chi connectivity index (χ1n) is 9.33. The molecule has 0 N–H and O–H groups in total. The molecule has 0 aliphatic heterocycles. The highest BCUT2D eigenvalue weighted by Crippen LogP contribution is 2.38. The van der Waals surface area contributed by atoms with Crippen molar-refractivity contribution in [3.8, 4) is 10.8 Å². The van der Waals surface area contributed by atoms with Gasteiger partial charge >= 0.3 is 0 Å². The smallest absolute Gasteiger partial charge is 0.259 e. The van der Waals surface area contributed by atoms with Crippen molar-refractivity contribution in [1.82, 2.24) is 9.55 Å². The molecule has 150 valence electrons. The van der Waals surface area contributed by atoms with Crippen molar-refractivity contribution in [3.63, 3.8) is 0 Å². The summed E-state index contributed by atoms with van der Waals surface area (Å²) in [6, 6.07) is 0. The molecule has 3 heterocycles. The molecule has 0 unspecified atom stereocenters. The van der Waals surface area contributed by atoms with E-state index in [0.29, 0.717) is 23.6 Å². The number of aryl methyl sites for hydroxylation is 2. The number of thiophene rings is 1. The zero-order valence-electron chi connectivity index (χ0n) is 17.1. The number of aromatic nitrogens is 2. The van der Waals surface area contributed by atoms with Crippen LogP contribution < -0.4 is 5.56 Å². The predicted octanol–water partition coefficient (Wildman–Crippen LogP) is 5.72. The Bertz CT molecular complexity index is 1180. The maximum atomic E-state index is 13.0. The molecule has 0 amide bonds. The molecule has 0 atom stereocenters. The Morgan fingerprint density at radius 2 is 2.21 bits per heavy atom. The van der Waals surface area contributed by atoms with Crippen molar-refractivity contribution in [3.05, 3.63) is 82.4 Å². The molecule has 0 radical (unpaired) electrons. The van der Waals surface area contributed by atoms with Gasteiger partial charge in [-0.2, -0.15) is 0 Å². The Labute approximate surface area is 174 Å². The lowest BCUT2D eigenvalue weighted by molar-refractivity contribution is 0.305. The first-order valence-corrected chi connectivity index (χ1v) is 10.1. The van der Waals surface area contributed by atoms with Gasteiger partial charge in [0.05, 0.1) is 23.6 Å². The molecular formula is C23H24N2O3S. The van der Waals surface area contributed by atoms with Crippen molar-refractivity contribution in [2.24, 2.45) is 0 Å². The maximum absolute atomic E-state index is 13.0. The normalized spacial score (nSPS) is 12.8. The number of allylic oxidation sites excluding steroid dienone is 5. The Kier molecular flexibility index (Phi) is 6.34. The number of hydrogen-bond donors (Lipinski definition) is 0. The molecule has 3 rings (SSSR count). The Balaban J connectivity index is 2.26. The highest BCUT2D eigenvalue weighted by atomic mass is 32.1. The Morgan fingerprint density at radius 3 is 2.79 bits per heavy atom. The van der Waals surface area contributed by atoms with E-state index in [2.05, 4.69) is 11.6 Å². The molecular weight excluding hydrogens is 384 g/mol. The average molecular weight is 409 g/mol. The summed E-state index contributed by atoms with van der Waals surface area (Å²) < 4.78 is 13.5. The second-order valence-electron chi connectivity index (χ2n) is 6.33. The Morgan fingerprint density at radius 1 is 1.41 bits per heavy atom. The van der Waals surface area contributed by atoms with E-state index in [1.54, 1.807) is 30.2 Å². The molecule has 0 saturated carbocycles. The van der Waals surface area contributed by atoms with Gasteiger partial charge in [-0.1, -0.05) is 30.9 Å². The van der Waals surface area contributed by atoms with Gasteiger partial charge in [-0.15, -0.1) is 11.3 Å². The second-order valence-corrected chi connectivity index (χ2v) is 7.35. The summed E-state index contributed by atoms with van der Waals surface area (Å²) >= 11 is 1.52. The largest absolute Gasteiger partial charge is 0.496 e. The standard InChI is InChI=1S/C23H24N2O3S/c1-6-9-16(18(7-2)27-5)10-11-17-14-25(8-3)23(26)19-15(4)20(29-21(17)19)22-24-12-13-28-22/h6-7,9-14H,2,8H2,1,3-5H3/b9-6-,11-10+,18-16-. The van der Waals surface area contributed by atoms with Crippen molar-refractivity contribution < 1.29 is 9.15 Å². The zero-order valence-corrected chi connectivity index (χ0v) is 17.9. The van der Waals surface area contributed by atoms with Crippen LogP contribution in [0.4, 0.5) is 0 Å². The van der Waals surface area contributed by atoms with Gasteiger partial charge in [-0.3, -0.25) is 4.79 Å². The van der Waals surface area contributed by atoms with Crippen LogP contribution in [0.1, 0.15) is 25.0 Å². The van der Waals surface area contributed by atoms with E-state index in [-0.39, 0.29) is 5.56 Å². The van der Waals surface area contributed by atoms with Crippen LogP contribution in [0.5, 0.6) is 0 Å². The third kappa shape index (κ3) is 3.89. The highest BCUT2D eigenvalue weighted by Gasteiger charge is 2.19. The number of methoxy groups -OCH3 is 1. The van der Waals surface area contributed by atoms with Gasteiger partial charge in [-0.05, 0) is 32.4 Å². The molecule has 0 aromatic carbocycles. The Hall–Kier alpha value is -3.12. The van der Waals surface area contributed by atoms with Gasteiger partial charge in [0.25, 0.3) is 5.56 Å². The summed E-state index contributed by atoms with van der Waals surface area (Å²) in [5.41, 5.74) is 2.74. The van der Waals surface area contributed by atoms with Crippen molar-refractivity contribution >= 4 is 27.5 Å². The number of fused-ring (bicyclic) bond motifs is 1. The van der Waals surface area contributed by atoms with E-state index in [1.807, 2.05) is 51.3 Å². The van der Waals surface area contributed by atoms with Crippen LogP contribution in [0.25, 0.3) is 26.9 Å². The van der Waals surface area contributed by atoms with Crippen LogP contribution in [0.15, 0.2) is 70.1 Å². The SMILES string of the molecule is C=C/C(OC)=C(\C=C/C)/C=C/c1cn(CC)c(=O)c2c(C)c(-c3ncco3)sc12. The molecule has 0 fully saturated rings. The summed E-state index contributed by atoms with van der Waals surface area (Å²) in [4.78, 5) is 18.1. The van der Waals surface area contributed by atoms with Crippen LogP contribution >= 0.6 is 11.3 Å². The first kappa shape index (κ1) is 20.6. The van der Waals surface area contributed by atoms with Crippen molar-refractivity contribution in [1.29, 1.82) is 0 Å². The van der Waals surface area contributed by atoms with Gasteiger partial charge in [0, 0.05) is 28.6 Å². The second kappa shape index (κ2) is 8.92. The van der Waals surface area contributed by atoms with Crippen LogP contribution in [0.3, 0.4) is 0 Å². The average Bonchev–Trinajstić information content (AvgIpc) is 3.36. The molecule has 5 nitrogen and oxygen atoms in total. The van der Waals surface area contributed by atoms with Crippen LogP contribution in [-0.2, 0) is 11.3 Å². The minimum absolute atomic E-state index is 0.000835. The number of hydrogen-bond acceptors (Lipinski definition) is 5.